The van der Waals surface area contributed by atoms with Crippen LogP contribution in [-0.2, 0) is 6.18 Å². The van der Waals surface area contributed by atoms with Gasteiger partial charge < -0.3 is 5.32 Å². The Morgan fingerprint density at radius 1 is 1.03 bits per heavy atom. The summed E-state index contributed by atoms with van der Waals surface area (Å²) in [7, 11) is 0. The zero-order valence-electron chi connectivity index (χ0n) is 15.1. The molecule has 0 saturated carbocycles. The van der Waals surface area contributed by atoms with Crippen molar-refractivity contribution >= 4 is 17.4 Å². The highest BCUT2D eigenvalue weighted by atomic mass is 19.4. The number of anilines is 1. The number of carbonyl (C=O) groups is 1. The monoisotopic (exact) mass is 397 g/mol. The number of halogens is 3. The summed E-state index contributed by atoms with van der Waals surface area (Å²) in [5.41, 5.74) is 0.324. The fourth-order valence-corrected chi connectivity index (χ4v) is 2.95. The summed E-state index contributed by atoms with van der Waals surface area (Å²) in [5, 5.41) is 6.99. The normalized spacial score (nSPS) is 11.6. The molecule has 0 aliphatic heterocycles. The Hall–Kier alpha value is -3.75. The molecule has 0 unspecified atom stereocenters. The Kier molecular flexibility index (Phi) is 4.50. The maximum Gasteiger partial charge on any atom is 0.417 e. The molecule has 0 radical (unpaired) electrons. The van der Waals surface area contributed by atoms with Crippen LogP contribution < -0.4 is 5.32 Å². The zero-order valence-corrected chi connectivity index (χ0v) is 15.1. The third-order valence-corrected chi connectivity index (χ3v) is 4.29. The second kappa shape index (κ2) is 7.01. The number of fused-ring (bicyclic) bond motifs is 1. The Labute approximate surface area is 163 Å². The van der Waals surface area contributed by atoms with Crippen molar-refractivity contribution in [2.75, 3.05) is 5.32 Å². The average Bonchev–Trinajstić information content (AvgIpc) is 3.02. The summed E-state index contributed by atoms with van der Waals surface area (Å²) in [4.78, 5) is 20.8. The zero-order chi connectivity index (χ0) is 20.6. The fourth-order valence-electron chi connectivity index (χ4n) is 2.95. The molecule has 29 heavy (non-hydrogen) atoms. The van der Waals surface area contributed by atoms with Gasteiger partial charge >= 0.3 is 6.18 Å². The van der Waals surface area contributed by atoms with Crippen LogP contribution in [0.1, 0.15) is 21.7 Å². The smallest absolute Gasteiger partial charge is 0.304 e. The minimum Gasteiger partial charge on any atom is -0.304 e. The molecule has 0 atom stereocenters. The number of aromatic nitrogens is 4. The number of benzene rings is 1. The molecule has 0 fully saturated rings. The molecule has 0 aliphatic rings. The number of amides is 1. The quantitative estimate of drug-likeness (QED) is 0.557. The second-order valence-corrected chi connectivity index (χ2v) is 6.25. The van der Waals surface area contributed by atoms with Crippen LogP contribution in [0.5, 0.6) is 0 Å². The molecule has 0 spiro atoms. The Morgan fingerprint density at radius 2 is 1.79 bits per heavy atom. The molecule has 1 amide bonds. The van der Waals surface area contributed by atoms with Crippen LogP contribution in [0.3, 0.4) is 0 Å². The van der Waals surface area contributed by atoms with Gasteiger partial charge in [-0.2, -0.15) is 22.8 Å². The number of alkyl halides is 3. The molecule has 146 valence electrons. The van der Waals surface area contributed by atoms with Crippen LogP contribution in [0, 0.1) is 6.92 Å². The van der Waals surface area contributed by atoms with Crippen LogP contribution >= 0.6 is 0 Å². The molecular weight excluding hydrogens is 383 g/mol. The molecule has 3 aromatic heterocycles. The van der Waals surface area contributed by atoms with E-state index in [0.717, 1.165) is 6.07 Å². The molecule has 3 heterocycles. The molecular formula is C20H14F3N5O. The first-order valence-corrected chi connectivity index (χ1v) is 8.60. The van der Waals surface area contributed by atoms with Crippen molar-refractivity contribution in [1.29, 1.82) is 0 Å². The van der Waals surface area contributed by atoms with E-state index in [-0.39, 0.29) is 22.8 Å². The number of pyridine rings is 1. The molecule has 0 aliphatic carbocycles. The first kappa shape index (κ1) is 18.6. The van der Waals surface area contributed by atoms with Crippen molar-refractivity contribution in [3.05, 3.63) is 77.7 Å². The van der Waals surface area contributed by atoms with Gasteiger partial charge in [-0.25, -0.2) is 4.98 Å². The van der Waals surface area contributed by atoms with Gasteiger partial charge in [0, 0.05) is 11.8 Å². The molecule has 0 bridgehead atoms. The molecule has 1 N–H and O–H groups in total. The van der Waals surface area contributed by atoms with Crippen molar-refractivity contribution in [2.45, 2.75) is 13.1 Å². The third kappa shape index (κ3) is 3.54. The van der Waals surface area contributed by atoms with Gasteiger partial charge in [0.25, 0.3) is 5.91 Å². The highest BCUT2D eigenvalue weighted by Gasteiger charge is 2.33. The molecule has 4 rings (SSSR count). The number of carbonyl (C=O) groups excluding carboxylic acids is 1. The summed E-state index contributed by atoms with van der Waals surface area (Å²) in [6.07, 6.45) is -3.03. The number of hydrogen-bond acceptors (Lipinski definition) is 4. The Bertz CT molecular complexity index is 1200. The van der Waals surface area contributed by atoms with Gasteiger partial charge in [0.1, 0.15) is 5.69 Å². The Balaban J connectivity index is 1.80. The van der Waals surface area contributed by atoms with Crippen LogP contribution in [0.25, 0.3) is 16.9 Å². The number of aryl methyl sites for hydroxylation is 1. The maximum absolute atomic E-state index is 13.4. The highest BCUT2D eigenvalue weighted by Crippen LogP contribution is 2.36. The minimum atomic E-state index is -4.52. The molecule has 4 aromatic rings. The lowest BCUT2D eigenvalue weighted by molar-refractivity contribution is -0.137. The van der Waals surface area contributed by atoms with E-state index in [1.807, 2.05) is 0 Å². The first-order valence-electron chi connectivity index (χ1n) is 8.60. The van der Waals surface area contributed by atoms with E-state index in [4.69, 9.17) is 0 Å². The van der Waals surface area contributed by atoms with Crippen LogP contribution in [0.4, 0.5) is 19.0 Å². The lowest BCUT2D eigenvalue weighted by Crippen LogP contribution is -2.16. The largest absolute Gasteiger partial charge is 0.417 e. The van der Waals surface area contributed by atoms with Gasteiger partial charge in [-0.15, -0.1) is 0 Å². The number of nitrogens with one attached hydrogen (secondary N) is 1. The number of imidazole rings is 1. The van der Waals surface area contributed by atoms with Gasteiger partial charge in [0.15, 0.2) is 11.5 Å². The predicted molar refractivity (Wildman–Crippen MR) is 100 cm³/mol. The molecule has 0 saturated heterocycles. The predicted octanol–water partition coefficient (Wildman–Crippen LogP) is 4.37. The fraction of sp³-hybridized carbons (Fsp3) is 0.100. The number of nitrogens with zero attached hydrogens (tertiary/aromatic N) is 4. The van der Waals surface area contributed by atoms with Crippen LogP contribution in [-0.4, -0.2) is 25.5 Å². The standard InChI is InChI=1S/C20H14F3N5O/c1-12-18(26-19(29)16-8-4-5-11-24-16)28-17(25-12)10-9-15(27-28)13-6-2-3-7-14(13)20(21,22)23/h2-11H,1H3,(H,26,29). The lowest BCUT2D eigenvalue weighted by Gasteiger charge is -2.12. The van der Waals surface area contributed by atoms with E-state index in [1.54, 1.807) is 31.2 Å². The van der Waals surface area contributed by atoms with E-state index >= 15 is 0 Å². The van der Waals surface area contributed by atoms with Crippen molar-refractivity contribution < 1.29 is 18.0 Å². The van der Waals surface area contributed by atoms with E-state index in [2.05, 4.69) is 20.4 Å². The topological polar surface area (TPSA) is 72.2 Å². The number of rotatable bonds is 3. The van der Waals surface area contributed by atoms with Crippen molar-refractivity contribution in [1.82, 2.24) is 19.6 Å². The second-order valence-electron chi connectivity index (χ2n) is 6.25. The van der Waals surface area contributed by atoms with E-state index in [0.29, 0.717) is 11.3 Å². The SMILES string of the molecule is Cc1nc2ccc(-c3ccccc3C(F)(F)F)nn2c1NC(=O)c1ccccn1. The summed E-state index contributed by atoms with van der Waals surface area (Å²) in [5.74, 6) is -0.208. The van der Waals surface area contributed by atoms with E-state index in [9.17, 15) is 18.0 Å². The summed E-state index contributed by atoms with van der Waals surface area (Å²) in [6.45, 7) is 1.67. The van der Waals surface area contributed by atoms with Crippen molar-refractivity contribution in [3.63, 3.8) is 0 Å². The van der Waals surface area contributed by atoms with Gasteiger partial charge in [0.05, 0.1) is 17.0 Å². The van der Waals surface area contributed by atoms with Gasteiger partial charge in [0.2, 0.25) is 0 Å². The lowest BCUT2D eigenvalue weighted by atomic mass is 10.0. The van der Waals surface area contributed by atoms with Gasteiger partial charge in [-0.05, 0) is 37.3 Å². The molecule has 6 nitrogen and oxygen atoms in total. The van der Waals surface area contributed by atoms with Gasteiger partial charge in [-0.3, -0.25) is 9.78 Å². The minimum absolute atomic E-state index is 0.0599. The van der Waals surface area contributed by atoms with Crippen molar-refractivity contribution in [3.8, 4) is 11.3 Å². The molecule has 1 aromatic carbocycles. The third-order valence-electron chi connectivity index (χ3n) is 4.29. The average molecular weight is 397 g/mol. The Morgan fingerprint density at radius 3 is 2.52 bits per heavy atom. The summed E-state index contributed by atoms with van der Waals surface area (Å²) in [6, 6.07) is 13.1. The van der Waals surface area contributed by atoms with E-state index < -0.39 is 17.6 Å². The maximum atomic E-state index is 13.4. The molecule has 9 heteroatoms. The first-order chi connectivity index (χ1) is 13.8. The van der Waals surface area contributed by atoms with E-state index in [1.165, 1.54) is 35.0 Å². The number of hydrogen-bond donors (Lipinski definition) is 1. The summed E-state index contributed by atoms with van der Waals surface area (Å²) < 4.78 is 41.5. The van der Waals surface area contributed by atoms with Crippen LogP contribution in [0.15, 0.2) is 60.8 Å². The summed E-state index contributed by atoms with van der Waals surface area (Å²) >= 11 is 0. The highest BCUT2D eigenvalue weighted by molar-refractivity contribution is 6.02. The van der Waals surface area contributed by atoms with Crippen molar-refractivity contribution in [2.24, 2.45) is 0 Å². The van der Waals surface area contributed by atoms with Gasteiger partial charge in [-0.1, -0.05) is 24.3 Å². The van der Waals surface area contributed by atoms with Crippen LogP contribution in [0.2, 0.25) is 0 Å².